The maximum atomic E-state index is 2.25. The molecule has 0 radical (unpaired) electrons. The van der Waals surface area contributed by atoms with Crippen LogP contribution in [0.25, 0.3) is 6.08 Å². The van der Waals surface area contributed by atoms with Gasteiger partial charge in [0.1, 0.15) is 0 Å². The number of hydrogen-bond donors (Lipinski definition) is 0. The molecule has 0 saturated heterocycles. The van der Waals surface area contributed by atoms with Crippen molar-refractivity contribution in [3.63, 3.8) is 0 Å². The van der Waals surface area contributed by atoms with Gasteiger partial charge in [0.2, 0.25) is 0 Å². The van der Waals surface area contributed by atoms with E-state index in [-0.39, 0.29) is 0 Å². The Kier molecular flexibility index (Phi) is 3.43. The highest BCUT2D eigenvalue weighted by Gasteiger charge is 2.13. The average molecular weight is 265 g/mol. The van der Waals surface area contributed by atoms with Gasteiger partial charge in [0.15, 0.2) is 0 Å². The lowest BCUT2D eigenvalue weighted by atomic mass is 10.1. The molecule has 0 amide bonds. The molecular weight excluding hydrogens is 250 g/mol. The number of thioether (sulfide) groups is 1. The van der Waals surface area contributed by atoms with Gasteiger partial charge in [0, 0.05) is 11.1 Å². The summed E-state index contributed by atoms with van der Waals surface area (Å²) < 4.78 is 0. The van der Waals surface area contributed by atoms with Crippen LogP contribution in [-0.2, 0) is 0 Å². The minimum absolute atomic E-state index is 1.22. The normalized spacial score (nSPS) is 13.2. The van der Waals surface area contributed by atoms with Gasteiger partial charge in [-0.3, -0.25) is 0 Å². The first-order valence-electron chi connectivity index (χ1n) is 6.26. The molecule has 19 heavy (non-hydrogen) atoms. The molecule has 0 atom stereocenters. The first-order valence-corrected chi connectivity index (χ1v) is 7.49. The summed E-state index contributed by atoms with van der Waals surface area (Å²) in [5.41, 5.74) is 3.68. The first kappa shape index (κ1) is 12.1. The van der Waals surface area contributed by atoms with Crippen LogP contribution in [0.1, 0.15) is 5.56 Å². The molecule has 0 spiro atoms. The van der Waals surface area contributed by atoms with Crippen molar-refractivity contribution in [2.24, 2.45) is 0 Å². The molecule has 0 fully saturated rings. The Labute approximate surface area is 118 Å². The quantitative estimate of drug-likeness (QED) is 0.696. The molecule has 0 saturated carbocycles. The van der Waals surface area contributed by atoms with Gasteiger partial charge in [0.25, 0.3) is 0 Å². The minimum Gasteiger partial charge on any atom is -0.315 e. The Balaban J connectivity index is 2.16. The van der Waals surface area contributed by atoms with Crippen LogP contribution in [0.3, 0.4) is 0 Å². The highest BCUT2D eigenvalue weighted by Crippen LogP contribution is 2.36. The SMILES string of the molecule is CSc1ccccc1N1C=CC=Cc2ccccc21. The predicted octanol–water partition coefficient (Wildman–Crippen LogP) is 5.09. The van der Waals surface area contributed by atoms with Crippen LogP contribution >= 0.6 is 11.8 Å². The van der Waals surface area contributed by atoms with E-state index in [9.17, 15) is 0 Å². The van der Waals surface area contributed by atoms with E-state index in [2.05, 4.69) is 84.1 Å². The van der Waals surface area contributed by atoms with Crippen LogP contribution in [0.5, 0.6) is 0 Å². The van der Waals surface area contributed by atoms with Crippen LogP contribution in [0.2, 0.25) is 0 Å². The van der Waals surface area contributed by atoms with Gasteiger partial charge in [-0.1, -0.05) is 42.5 Å². The summed E-state index contributed by atoms with van der Waals surface area (Å²) in [6.45, 7) is 0. The van der Waals surface area contributed by atoms with E-state index in [0.29, 0.717) is 0 Å². The Morgan fingerprint density at radius 1 is 0.842 bits per heavy atom. The third-order valence-corrected chi connectivity index (χ3v) is 3.95. The van der Waals surface area contributed by atoms with Crippen molar-refractivity contribution in [3.05, 3.63) is 72.4 Å². The predicted molar refractivity (Wildman–Crippen MR) is 85.0 cm³/mol. The number of allylic oxidation sites excluding steroid dienone is 2. The Hall–Kier alpha value is -1.93. The lowest BCUT2D eigenvalue weighted by Gasteiger charge is -2.24. The van der Waals surface area contributed by atoms with E-state index < -0.39 is 0 Å². The van der Waals surface area contributed by atoms with Crippen molar-refractivity contribution >= 4 is 29.2 Å². The van der Waals surface area contributed by atoms with Crippen molar-refractivity contribution in [1.82, 2.24) is 0 Å². The summed E-state index contributed by atoms with van der Waals surface area (Å²) in [5.74, 6) is 0. The molecule has 0 N–H and O–H groups in total. The molecule has 1 aliphatic rings. The van der Waals surface area contributed by atoms with Crippen LogP contribution in [0.4, 0.5) is 11.4 Å². The van der Waals surface area contributed by atoms with Gasteiger partial charge < -0.3 is 4.90 Å². The van der Waals surface area contributed by atoms with Crippen molar-refractivity contribution in [3.8, 4) is 0 Å². The number of nitrogens with zero attached hydrogens (tertiary/aromatic N) is 1. The summed E-state index contributed by atoms with van der Waals surface area (Å²) in [7, 11) is 0. The second kappa shape index (κ2) is 5.37. The molecule has 94 valence electrons. The Bertz CT molecular complexity index is 643. The maximum Gasteiger partial charge on any atom is 0.0591 e. The molecule has 3 rings (SSSR count). The monoisotopic (exact) mass is 265 g/mol. The highest BCUT2D eigenvalue weighted by molar-refractivity contribution is 7.98. The molecular formula is C17H15NS. The Morgan fingerprint density at radius 3 is 2.42 bits per heavy atom. The van der Waals surface area contributed by atoms with Gasteiger partial charge in [-0.2, -0.15) is 0 Å². The summed E-state index contributed by atoms with van der Waals surface area (Å²) in [6.07, 6.45) is 10.5. The van der Waals surface area contributed by atoms with Gasteiger partial charge in [-0.25, -0.2) is 0 Å². The van der Waals surface area contributed by atoms with E-state index in [4.69, 9.17) is 0 Å². The molecule has 1 nitrogen and oxygen atoms in total. The van der Waals surface area contributed by atoms with Crippen LogP contribution < -0.4 is 4.90 Å². The van der Waals surface area contributed by atoms with Crippen molar-refractivity contribution in [2.45, 2.75) is 4.90 Å². The zero-order valence-corrected chi connectivity index (χ0v) is 11.6. The van der Waals surface area contributed by atoms with Crippen LogP contribution in [0, 0.1) is 0 Å². The van der Waals surface area contributed by atoms with Crippen molar-refractivity contribution < 1.29 is 0 Å². The fraction of sp³-hybridized carbons (Fsp3) is 0.0588. The molecule has 0 unspecified atom stereocenters. The molecule has 0 bridgehead atoms. The standard InChI is InChI=1S/C17H15NS/c1-19-17-12-5-4-11-16(17)18-13-7-6-9-14-8-2-3-10-15(14)18/h2-13H,1H3. The number of para-hydroxylation sites is 2. The average Bonchev–Trinajstić information content (AvgIpc) is 2.69. The first-order chi connectivity index (χ1) is 9.40. The third-order valence-electron chi connectivity index (χ3n) is 3.16. The van der Waals surface area contributed by atoms with Gasteiger partial charge in [-0.15, -0.1) is 11.8 Å². The zero-order valence-electron chi connectivity index (χ0n) is 10.8. The molecule has 2 aromatic carbocycles. The van der Waals surface area contributed by atoms with Gasteiger partial charge in [0.05, 0.1) is 11.4 Å². The smallest absolute Gasteiger partial charge is 0.0591 e. The van der Waals surface area contributed by atoms with E-state index in [1.54, 1.807) is 11.8 Å². The lowest BCUT2D eigenvalue weighted by molar-refractivity contribution is 1.23. The van der Waals surface area contributed by atoms with Crippen molar-refractivity contribution in [2.75, 3.05) is 11.2 Å². The summed E-state index contributed by atoms with van der Waals surface area (Å²) >= 11 is 1.77. The maximum absolute atomic E-state index is 2.25. The molecule has 0 aromatic heterocycles. The van der Waals surface area contributed by atoms with Crippen LogP contribution in [-0.4, -0.2) is 6.26 Å². The Morgan fingerprint density at radius 2 is 1.58 bits per heavy atom. The fourth-order valence-electron chi connectivity index (χ4n) is 2.26. The number of fused-ring (bicyclic) bond motifs is 1. The van der Waals surface area contributed by atoms with Gasteiger partial charge in [-0.05, 0) is 36.1 Å². The summed E-state index contributed by atoms with van der Waals surface area (Å²) in [4.78, 5) is 3.53. The lowest BCUT2D eigenvalue weighted by Crippen LogP contribution is -2.10. The zero-order chi connectivity index (χ0) is 13.1. The number of anilines is 2. The summed E-state index contributed by atoms with van der Waals surface area (Å²) in [5, 5.41) is 0. The highest BCUT2D eigenvalue weighted by atomic mass is 32.2. The fourth-order valence-corrected chi connectivity index (χ4v) is 2.85. The van der Waals surface area contributed by atoms with E-state index in [1.807, 2.05) is 0 Å². The number of rotatable bonds is 2. The van der Waals surface area contributed by atoms with Crippen LogP contribution in [0.15, 0.2) is 71.8 Å². The topological polar surface area (TPSA) is 3.24 Å². The van der Waals surface area contributed by atoms with E-state index >= 15 is 0 Å². The molecule has 2 aromatic rings. The van der Waals surface area contributed by atoms with E-state index in [1.165, 1.54) is 21.8 Å². The number of hydrogen-bond acceptors (Lipinski definition) is 2. The second-order valence-electron chi connectivity index (χ2n) is 4.30. The molecule has 1 heterocycles. The molecule has 0 aliphatic carbocycles. The summed E-state index contributed by atoms with van der Waals surface area (Å²) in [6, 6.07) is 17.0. The van der Waals surface area contributed by atoms with Gasteiger partial charge >= 0.3 is 0 Å². The number of benzene rings is 2. The minimum atomic E-state index is 1.22. The largest absolute Gasteiger partial charge is 0.315 e. The molecule has 2 heteroatoms. The second-order valence-corrected chi connectivity index (χ2v) is 5.15. The van der Waals surface area contributed by atoms with Crippen molar-refractivity contribution in [1.29, 1.82) is 0 Å². The third kappa shape index (κ3) is 2.32. The van der Waals surface area contributed by atoms with E-state index in [0.717, 1.165) is 0 Å². The molecule has 1 aliphatic heterocycles.